The number of carbonyl (C=O) groups excluding carboxylic acids is 1. The van der Waals surface area contributed by atoms with Crippen LogP contribution >= 0.6 is 11.3 Å². The lowest BCUT2D eigenvalue weighted by Gasteiger charge is -2.20. The number of anilines is 1. The summed E-state index contributed by atoms with van der Waals surface area (Å²) in [5.74, 6) is 0.672. The van der Waals surface area contributed by atoms with Crippen molar-refractivity contribution in [3.63, 3.8) is 0 Å². The number of amides is 1. The van der Waals surface area contributed by atoms with Crippen molar-refractivity contribution in [1.29, 1.82) is 0 Å². The van der Waals surface area contributed by atoms with Crippen LogP contribution in [0.2, 0.25) is 0 Å². The van der Waals surface area contributed by atoms with Gasteiger partial charge in [0.25, 0.3) is 5.91 Å². The Balaban J connectivity index is 1.72. The Morgan fingerprint density at radius 3 is 2.77 bits per heavy atom. The van der Waals surface area contributed by atoms with Crippen LogP contribution in [0.3, 0.4) is 0 Å². The summed E-state index contributed by atoms with van der Waals surface area (Å²) in [7, 11) is 0. The lowest BCUT2D eigenvalue weighted by Crippen LogP contribution is -2.34. The largest absolute Gasteiger partial charge is 0.492 e. The van der Waals surface area contributed by atoms with Gasteiger partial charge in [-0.25, -0.2) is 4.98 Å². The van der Waals surface area contributed by atoms with Crippen LogP contribution in [-0.2, 0) is 6.54 Å². The number of aryl methyl sites for hydroxylation is 2. The number of fused-ring (bicyclic) bond motifs is 1. The Kier molecular flexibility index (Phi) is 5.81. The number of aromatic nitrogens is 3. The van der Waals surface area contributed by atoms with Gasteiger partial charge in [0, 0.05) is 24.5 Å². The SMILES string of the molecule is CCOc1cccc2sc(N(CCn3cccn3)C(=O)c3ccc(C)c(C)c3)nc12. The van der Waals surface area contributed by atoms with Gasteiger partial charge in [-0.15, -0.1) is 0 Å². The predicted octanol–water partition coefficient (Wildman–Crippen LogP) is 4.86. The number of carbonyl (C=O) groups is 1. The monoisotopic (exact) mass is 420 g/mol. The van der Waals surface area contributed by atoms with Crippen molar-refractivity contribution >= 4 is 32.6 Å². The zero-order valence-electron chi connectivity index (χ0n) is 17.3. The molecule has 0 aliphatic rings. The molecule has 7 heteroatoms. The van der Waals surface area contributed by atoms with E-state index in [9.17, 15) is 4.79 Å². The molecule has 30 heavy (non-hydrogen) atoms. The number of rotatable bonds is 7. The minimum absolute atomic E-state index is 0.0673. The molecule has 0 fully saturated rings. The number of nitrogens with zero attached hydrogens (tertiary/aromatic N) is 4. The van der Waals surface area contributed by atoms with E-state index in [0.717, 1.165) is 27.1 Å². The van der Waals surface area contributed by atoms with Gasteiger partial charge in [0.1, 0.15) is 11.3 Å². The van der Waals surface area contributed by atoms with E-state index in [4.69, 9.17) is 9.72 Å². The fourth-order valence-corrected chi connectivity index (χ4v) is 4.26. The van der Waals surface area contributed by atoms with Crippen LogP contribution in [-0.4, -0.2) is 33.8 Å². The van der Waals surface area contributed by atoms with E-state index in [0.29, 0.717) is 30.4 Å². The van der Waals surface area contributed by atoms with Crippen LogP contribution in [0.4, 0.5) is 5.13 Å². The molecule has 6 nitrogen and oxygen atoms in total. The summed E-state index contributed by atoms with van der Waals surface area (Å²) >= 11 is 1.50. The van der Waals surface area contributed by atoms with Gasteiger partial charge in [-0.1, -0.05) is 23.5 Å². The highest BCUT2D eigenvalue weighted by atomic mass is 32.1. The molecule has 0 unspecified atom stereocenters. The molecular formula is C23H24N4O2S. The van der Waals surface area contributed by atoms with Crippen LogP contribution in [0.15, 0.2) is 54.9 Å². The minimum Gasteiger partial charge on any atom is -0.492 e. The zero-order valence-corrected chi connectivity index (χ0v) is 18.1. The van der Waals surface area contributed by atoms with Crippen LogP contribution in [0, 0.1) is 13.8 Å². The van der Waals surface area contributed by atoms with Crippen molar-refractivity contribution in [3.8, 4) is 5.75 Å². The molecule has 0 atom stereocenters. The van der Waals surface area contributed by atoms with E-state index < -0.39 is 0 Å². The second kappa shape index (κ2) is 8.67. The summed E-state index contributed by atoms with van der Waals surface area (Å²) < 4.78 is 8.54. The number of para-hydroxylation sites is 1. The van der Waals surface area contributed by atoms with Crippen molar-refractivity contribution < 1.29 is 9.53 Å². The summed E-state index contributed by atoms with van der Waals surface area (Å²) in [5.41, 5.74) is 3.70. The van der Waals surface area contributed by atoms with Gasteiger partial charge in [0.15, 0.2) is 5.13 Å². The second-order valence-electron chi connectivity index (χ2n) is 7.06. The third kappa shape index (κ3) is 4.07. The molecule has 154 valence electrons. The van der Waals surface area contributed by atoms with Gasteiger partial charge in [-0.2, -0.15) is 5.10 Å². The quantitative estimate of drug-likeness (QED) is 0.429. The van der Waals surface area contributed by atoms with Crippen molar-refractivity contribution in [3.05, 3.63) is 71.5 Å². The normalized spacial score (nSPS) is 11.0. The summed E-state index contributed by atoms with van der Waals surface area (Å²) in [6.07, 6.45) is 3.63. The third-order valence-corrected chi connectivity index (χ3v) is 6.06. The lowest BCUT2D eigenvalue weighted by atomic mass is 10.1. The third-order valence-electron chi connectivity index (χ3n) is 5.01. The predicted molar refractivity (Wildman–Crippen MR) is 121 cm³/mol. The van der Waals surface area contributed by atoms with Crippen molar-refractivity contribution in [2.75, 3.05) is 18.1 Å². The summed E-state index contributed by atoms with van der Waals surface area (Å²) in [6.45, 7) is 7.63. The van der Waals surface area contributed by atoms with E-state index in [1.165, 1.54) is 11.3 Å². The number of hydrogen-bond donors (Lipinski definition) is 0. The Hall–Kier alpha value is -3.19. The summed E-state index contributed by atoms with van der Waals surface area (Å²) in [5, 5.41) is 4.92. The molecule has 4 aromatic rings. The average molecular weight is 421 g/mol. The molecule has 0 aliphatic carbocycles. The van der Waals surface area contributed by atoms with Crippen molar-refractivity contribution in [2.45, 2.75) is 27.3 Å². The van der Waals surface area contributed by atoms with Gasteiger partial charge in [-0.3, -0.25) is 14.4 Å². The molecule has 0 saturated heterocycles. The number of thiazole rings is 1. The molecule has 4 rings (SSSR count). The first-order valence-corrected chi connectivity index (χ1v) is 10.8. The fraction of sp³-hybridized carbons (Fsp3) is 0.261. The Labute approximate surface area is 179 Å². The maximum Gasteiger partial charge on any atom is 0.260 e. The highest BCUT2D eigenvalue weighted by Crippen LogP contribution is 2.35. The van der Waals surface area contributed by atoms with Crippen molar-refractivity contribution in [2.24, 2.45) is 0 Å². The van der Waals surface area contributed by atoms with Gasteiger partial charge in [0.05, 0.1) is 17.9 Å². The Morgan fingerprint density at radius 1 is 1.17 bits per heavy atom. The van der Waals surface area contributed by atoms with Gasteiger partial charge < -0.3 is 4.74 Å². The Bertz CT molecular complexity index is 1170. The van der Waals surface area contributed by atoms with Crippen molar-refractivity contribution in [1.82, 2.24) is 14.8 Å². The molecule has 2 aromatic heterocycles. The van der Waals surface area contributed by atoms with E-state index in [2.05, 4.69) is 5.10 Å². The van der Waals surface area contributed by atoms with Crippen LogP contribution in [0.1, 0.15) is 28.4 Å². The van der Waals surface area contributed by atoms with Crippen LogP contribution in [0.5, 0.6) is 5.75 Å². The standard InChI is InChI=1S/C23H24N4O2S/c1-4-29-19-7-5-8-20-21(19)25-23(30-20)27(14-13-26-12-6-11-24-26)22(28)18-10-9-16(2)17(3)15-18/h5-12,15H,4,13-14H2,1-3H3. The van der Waals surface area contributed by atoms with Crippen LogP contribution in [0.25, 0.3) is 10.2 Å². The first-order valence-electron chi connectivity index (χ1n) is 9.95. The minimum atomic E-state index is -0.0673. The summed E-state index contributed by atoms with van der Waals surface area (Å²) in [4.78, 5) is 20.0. The highest BCUT2D eigenvalue weighted by molar-refractivity contribution is 7.22. The highest BCUT2D eigenvalue weighted by Gasteiger charge is 2.22. The molecule has 2 heterocycles. The summed E-state index contributed by atoms with van der Waals surface area (Å²) in [6, 6.07) is 13.6. The first-order chi connectivity index (χ1) is 14.6. The topological polar surface area (TPSA) is 60.2 Å². The molecule has 0 radical (unpaired) electrons. The Morgan fingerprint density at radius 2 is 2.03 bits per heavy atom. The molecule has 0 bridgehead atoms. The van der Waals surface area contributed by atoms with Crippen LogP contribution < -0.4 is 9.64 Å². The van der Waals surface area contributed by atoms with E-state index in [-0.39, 0.29) is 5.91 Å². The smallest absolute Gasteiger partial charge is 0.260 e. The maximum atomic E-state index is 13.5. The maximum absolute atomic E-state index is 13.5. The van der Waals surface area contributed by atoms with Gasteiger partial charge >= 0.3 is 0 Å². The number of ether oxygens (including phenoxy) is 1. The molecule has 0 N–H and O–H groups in total. The lowest BCUT2D eigenvalue weighted by molar-refractivity contribution is 0.0985. The number of hydrogen-bond acceptors (Lipinski definition) is 5. The fourth-order valence-electron chi connectivity index (χ4n) is 3.25. The molecule has 0 aliphatic heterocycles. The van der Waals surface area contributed by atoms with Gasteiger partial charge in [-0.05, 0) is 62.2 Å². The average Bonchev–Trinajstić information content (AvgIpc) is 3.40. The first kappa shape index (κ1) is 20.1. The molecular weight excluding hydrogens is 396 g/mol. The molecule has 0 saturated carbocycles. The van der Waals surface area contributed by atoms with E-state index in [1.54, 1.807) is 11.1 Å². The molecule has 0 spiro atoms. The molecule has 2 aromatic carbocycles. The van der Waals surface area contributed by atoms with E-state index in [1.807, 2.05) is 74.1 Å². The number of benzene rings is 2. The second-order valence-corrected chi connectivity index (χ2v) is 8.07. The van der Waals surface area contributed by atoms with Gasteiger partial charge in [0.2, 0.25) is 0 Å². The molecule has 1 amide bonds. The van der Waals surface area contributed by atoms with E-state index >= 15 is 0 Å². The zero-order chi connectivity index (χ0) is 21.1.